The number of ether oxygens (including phenoxy) is 2. The number of nitrogens with zero attached hydrogens (tertiary/aromatic N) is 1. The van der Waals surface area contributed by atoms with Crippen LogP contribution < -0.4 is 4.74 Å². The summed E-state index contributed by atoms with van der Waals surface area (Å²) >= 11 is 4.84. The molecule has 0 fully saturated rings. The summed E-state index contributed by atoms with van der Waals surface area (Å²) in [7, 11) is 1.56. The van der Waals surface area contributed by atoms with E-state index in [9.17, 15) is 9.90 Å². The van der Waals surface area contributed by atoms with Crippen LogP contribution >= 0.6 is 27.3 Å². The van der Waals surface area contributed by atoms with Gasteiger partial charge in [-0.2, -0.15) is 0 Å². The van der Waals surface area contributed by atoms with Crippen LogP contribution in [0.25, 0.3) is 0 Å². The van der Waals surface area contributed by atoms with E-state index in [0.717, 1.165) is 31.2 Å². The van der Waals surface area contributed by atoms with Crippen LogP contribution in [-0.2, 0) is 17.6 Å². The van der Waals surface area contributed by atoms with Crippen molar-refractivity contribution in [3.8, 4) is 11.5 Å². The lowest BCUT2D eigenvalue weighted by molar-refractivity contribution is 0.0526. The molecule has 0 atom stereocenters. The molecule has 0 bridgehead atoms. The molecule has 1 aliphatic carbocycles. The maximum absolute atomic E-state index is 12.5. The zero-order valence-corrected chi connectivity index (χ0v) is 17.1. The molecule has 0 saturated carbocycles. The number of hydrogen-bond donors (Lipinski definition) is 1. The Balaban J connectivity index is 2.02. The van der Waals surface area contributed by atoms with E-state index in [2.05, 4.69) is 20.9 Å². The van der Waals surface area contributed by atoms with Crippen LogP contribution in [0.5, 0.6) is 11.5 Å². The average Bonchev–Trinajstić information content (AvgIpc) is 3.01. The molecule has 7 heteroatoms. The standard InChI is InChI=1S/C19H20BrNO4S/c1-3-25-19(23)16-13-6-4-5-7-15(13)26-18(16)21-10-11-8-12(24-2)9-14(20)17(11)22/h8-10,22H,3-7H2,1-2H3/b21-10+. The van der Waals surface area contributed by atoms with E-state index in [1.165, 1.54) is 16.2 Å². The number of carbonyl (C=O) groups is 1. The Morgan fingerprint density at radius 2 is 2.15 bits per heavy atom. The highest BCUT2D eigenvalue weighted by molar-refractivity contribution is 9.10. The molecule has 0 spiro atoms. The molecule has 0 amide bonds. The van der Waals surface area contributed by atoms with Crippen LogP contribution in [0.4, 0.5) is 5.00 Å². The molecule has 1 aliphatic rings. The Labute approximate surface area is 164 Å². The Morgan fingerprint density at radius 3 is 2.88 bits per heavy atom. The van der Waals surface area contributed by atoms with Crippen molar-refractivity contribution in [3.05, 3.63) is 38.2 Å². The summed E-state index contributed by atoms with van der Waals surface area (Å²) in [5.41, 5.74) is 2.16. The fourth-order valence-electron chi connectivity index (χ4n) is 3.00. The first-order valence-electron chi connectivity index (χ1n) is 8.47. The van der Waals surface area contributed by atoms with Gasteiger partial charge in [0.2, 0.25) is 0 Å². The van der Waals surface area contributed by atoms with E-state index < -0.39 is 0 Å². The van der Waals surface area contributed by atoms with Crippen molar-refractivity contribution in [1.82, 2.24) is 0 Å². The Hall–Kier alpha value is -1.86. The second kappa shape index (κ2) is 8.22. The number of thiophene rings is 1. The quantitative estimate of drug-likeness (QED) is 0.525. The summed E-state index contributed by atoms with van der Waals surface area (Å²) in [6, 6.07) is 3.38. The lowest BCUT2D eigenvalue weighted by Gasteiger charge is -2.11. The van der Waals surface area contributed by atoms with Crippen molar-refractivity contribution >= 4 is 44.5 Å². The fraction of sp³-hybridized carbons (Fsp3) is 0.368. The largest absolute Gasteiger partial charge is 0.506 e. The van der Waals surface area contributed by atoms with Crippen LogP contribution in [-0.4, -0.2) is 31.0 Å². The van der Waals surface area contributed by atoms with Crippen molar-refractivity contribution in [2.45, 2.75) is 32.6 Å². The van der Waals surface area contributed by atoms with Gasteiger partial charge in [-0.25, -0.2) is 9.79 Å². The van der Waals surface area contributed by atoms with Gasteiger partial charge in [-0.3, -0.25) is 0 Å². The SMILES string of the molecule is CCOC(=O)c1c(/N=C/c2cc(OC)cc(Br)c2O)sc2c1CCCC2. The van der Waals surface area contributed by atoms with E-state index in [1.807, 2.05) is 0 Å². The maximum atomic E-state index is 12.5. The molecule has 1 N–H and O–H groups in total. The van der Waals surface area contributed by atoms with Gasteiger partial charge in [0.15, 0.2) is 0 Å². The summed E-state index contributed by atoms with van der Waals surface area (Å²) in [6.45, 7) is 2.13. The number of fused-ring (bicyclic) bond motifs is 1. The summed E-state index contributed by atoms with van der Waals surface area (Å²) in [6.07, 6.45) is 5.61. The normalized spacial score (nSPS) is 13.7. The highest BCUT2D eigenvalue weighted by Crippen LogP contribution is 2.40. The highest BCUT2D eigenvalue weighted by Gasteiger charge is 2.26. The number of aliphatic imine (C=N–C) groups is 1. The minimum atomic E-state index is -0.324. The predicted octanol–water partition coefficient (Wildman–Crippen LogP) is 5.03. The second-order valence-electron chi connectivity index (χ2n) is 5.92. The number of rotatable bonds is 5. The number of phenolic OH excluding ortho intramolecular Hbond substituents is 1. The number of aryl methyl sites for hydroxylation is 1. The zero-order chi connectivity index (χ0) is 18.7. The van der Waals surface area contributed by atoms with Gasteiger partial charge in [-0.05, 0) is 66.2 Å². The first-order valence-corrected chi connectivity index (χ1v) is 10.1. The number of esters is 1. The van der Waals surface area contributed by atoms with Crippen LogP contribution in [0.3, 0.4) is 0 Å². The number of carbonyl (C=O) groups excluding carboxylic acids is 1. The summed E-state index contributed by atoms with van der Waals surface area (Å²) in [4.78, 5) is 18.2. The van der Waals surface area contributed by atoms with Gasteiger partial charge >= 0.3 is 5.97 Å². The Bertz CT molecular complexity index is 860. The zero-order valence-electron chi connectivity index (χ0n) is 14.7. The number of aromatic hydroxyl groups is 1. The second-order valence-corrected chi connectivity index (χ2v) is 7.85. The van der Waals surface area contributed by atoms with Gasteiger partial charge in [0, 0.05) is 16.7 Å². The number of methoxy groups -OCH3 is 1. The highest BCUT2D eigenvalue weighted by atomic mass is 79.9. The molecular formula is C19H20BrNO4S. The molecule has 1 heterocycles. The third-order valence-electron chi connectivity index (χ3n) is 4.26. The van der Waals surface area contributed by atoms with Gasteiger partial charge in [0.25, 0.3) is 0 Å². The molecule has 3 rings (SSSR count). The van der Waals surface area contributed by atoms with E-state index in [-0.39, 0.29) is 11.7 Å². The third-order valence-corrected chi connectivity index (χ3v) is 6.06. The molecule has 2 aromatic rings. The van der Waals surface area contributed by atoms with Crippen LogP contribution in [0, 0.1) is 0 Å². The molecule has 0 radical (unpaired) electrons. The Kier molecular flexibility index (Phi) is 5.98. The smallest absolute Gasteiger partial charge is 0.341 e. The number of benzene rings is 1. The molecule has 0 saturated heterocycles. The molecule has 0 unspecified atom stereocenters. The maximum Gasteiger partial charge on any atom is 0.341 e. The number of halogens is 1. The van der Waals surface area contributed by atoms with Crippen molar-refractivity contribution in [2.75, 3.05) is 13.7 Å². The lowest BCUT2D eigenvalue weighted by atomic mass is 9.95. The fourth-order valence-corrected chi connectivity index (χ4v) is 4.67. The molecule has 1 aromatic carbocycles. The minimum Gasteiger partial charge on any atom is -0.506 e. The van der Waals surface area contributed by atoms with Gasteiger partial charge in [-0.15, -0.1) is 11.3 Å². The van der Waals surface area contributed by atoms with E-state index >= 15 is 0 Å². The molecular weight excluding hydrogens is 418 g/mol. The third kappa shape index (κ3) is 3.78. The van der Waals surface area contributed by atoms with E-state index in [0.29, 0.717) is 33.0 Å². The van der Waals surface area contributed by atoms with Gasteiger partial charge in [0.05, 0.1) is 23.8 Å². The minimum absolute atomic E-state index is 0.0774. The molecule has 26 heavy (non-hydrogen) atoms. The van der Waals surface area contributed by atoms with Gasteiger partial charge in [-0.1, -0.05) is 0 Å². The van der Waals surface area contributed by atoms with Gasteiger partial charge < -0.3 is 14.6 Å². The average molecular weight is 438 g/mol. The molecule has 5 nitrogen and oxygen atoms in total. The summed E-state index contributed by atoms with van der Waals surface area (Å²) < 4.78 is 11.0. The van der Waals surface area contributed by atoms with E-state index in [1.54, 1.807) is 32.4 Å². The molecule has 138 valence electrons. The number of phenols is 1. The summed E-state index contributed by atoms with van der Waals surface area (Å²) in [5.74, 6) is 0.357. The molecule has 0 aliphatic heterocycles. The predicted molar refractivity (Wildman–Crippen MR) is 107 cm³/mol. The monoisotopic (exact) mass is 437 g/mol. The first kappa shape index (κ1) is 18.9. The molecule has 1 aromatic heterocycles. The first-order chi connectivity index (χ1) is 12.5. The van der Waals surface area contributed by atoms with Crippen molar-refractivity contribution in [1.29, 1.82) is 0 Å². The van der Waals surface area contributed by atoms with E-state index in [4.69, 9.17) is 9.47 Å². The lowest BCUT2D eigenvalue weighted by Crippen LogP contribution is -2.09. The van der Waals surface area contributed by atoms with Gasteiger partial charge in [0.1, 0.15) is 16.5 Å². The van der Waals surface area contributed by atoms with Crippen molar-refractivity contribution < 1.29 is 19.4 Å². The topological polar surface area (TPSA) is 68.1 Å². The number of hydrogen-bond acceptors (Lipinski definition) is 6. The van der Waals surface area contributed by atoms with Crippen molar-refractivity contribution in [3.63, 3.8) is 0 Å². The Morgan fingerprint density at radius 1 is 1.38 bits per heavy atom. The summed E-state index contributed by atoms with van der Waals surface area (Å²) in [5, 5.41) is 10.9. The van der Waals surface area contributed by atoms with Crippen molar-refractivity contribution in [2.24, 2.45) is 4.99 Å². The van der Waals surface area contributed by atoms with Crippen LogP contribution in [0.2, 0.25) is 0 Å². The van der Waals surface area contributed by atoms with Crippen LogP contribution in [0.1, 0.15) is 46.1 Å². The van der Waals surface area contributed by atoms with Crippen LogP contribution in [0.15, 0.2) is 21.6 Å².